The highest BCUT2D eigenvalue weighted by atomic mass is 14.8. The largest absolute Gasteiger partial charge is 0.366 e. The molecular weight excluding hydrogens is 134 g/mol. The van der Waals surface area contributed by atoms with Crippen LogP contribution in [0.3, 0.4) is 0 Å². The maximum absolute atomic E-state index is 3.75. The molecule has 11 heavy (non-hydrogen) atoms. The van der Waals surface area contributed by atoms with Gasteiger partial charge in [-0.2, -0.15) is 0 Å². The Kier molecular flexibility index (Phi) is 3.37. The smallest absolute Gasteiger partial charge is 0.00420 e. The first-order valence-corrected chi connectivity index (χ1v) is 3.93. The molecular formula is C10H19N. The summed E-state index contributed by atoms with van der Waals surface area (Å²) >= 11 is 0. The summed E-state index contributed by atoms with van der Waals surface area (Å²) in [6, 6.07) is 0. The molecule has 0 saturated carbocycles. The Balaban J connectivity index is 4.12. The molecule has 1 heteroatoms. The Morgan fingerprint density at radius 2 is 1.73 bits per heavy atom. The zero-order chi connectivity index (χ0) is 9.07. The van der Waals surface area contributed by atoms with Crippen molar-refractivity contribution in [1.82, 2.24) is 5.32 Å². The molecule has 64 valence electrons. The molecule has 0 aromatic carbocycles. The standard InChI is InChI=1S/C10H19N/c1-8(2)11-7-9(3)10(4,5)6/h7,11H,1H2,2-6H3/b9-7+. The molecule has 1 nitrogen and oxygen atoms in total. The number of nitrogens with one attached hydrogen (secondary N) is 1. The van der Waals surface area contributed by atoms with Gasteiger partial charge in [0.15, 0.2) is 0 Å². The lowest BCUT2D eigenvalue weighted by molar-refractivity contribution is 0.500. The first kappa shape index (κ1) is 10.3. The predicted octanol–water partition coefficient (Wildman–Crippen LogP) is 3.06. The summed E-state index contributed by atoms with van der Waals surface area (Å²) in [6.45, 7) is 14.4. The van der Waals surface area contributed by atoms with Gasteiger partial charge in [0.1, 0.15) is 0 Å². The molecule has 0 spiro atoms. The van der Waals surface area contributed by atoms with Gasteiger partial charge < -0.3 is 5.32 Å². The van der Waals surface area contributed by atoms with Crippen LogP contribution < -0.4 is 5.32 Å². The van der Waals surface area contributed by atoms with Gasteiger partial charge in [-0.1, -0.05) is 32.9 Å². The molecule has 0 aromatic rings. The fourth-order valence-electron chi connectivity index (χ4n) is 0.448. The van der Waals surface area contributed by atoms with E-state index in [2.05, 4.69) is 39.6 Å². The first-order chi connectivity index (χ1) is 4.84. The van der Waals surface area contributed by atoms with Crippen molar-refractivity contribution >= 4 is 0 Å². The van der Waals surface area contributed by atoms with E-state index in [9.17, 15) is 0 Å². The van der Waals surface area contributed by atoms with E-state index in [1.807, 2.05) is 13.1 Å². The topological polar surface area (TPSA) is 12.0 Å². The molecule has 0 aliphatic rings. The third kappa shape index (κ3) is 4.65. The summed E-state index contributed by atoms with van der Waals surface area (Å²) in [6.07, 6.45) is 2.02. The lowest BCUT2D eigenvalue weighted by Gasteiger charge is -2.19. The first-order valence-electron chi connectivity index (χ1n) is 3.93. The minimum Gasteiger partial charge on any atom is -0.366 e. The molecule has 1 N–H and O–H groups in total. The van der Waals surface area contributed by atoms with Crippen molar-refractivity contribution in [3.05, 3.63) is 24.0 Å². The number of hydrogen-bond donors (Lipinski definition) is 1. The second kappa shape index (κ2) is 3.61. The fraction of sp³-hybridized carbons (Fsp3) is 0.600. The Morgan fingerprint density at radius 1 is 1.27 bits per heavy atom. The Labute approximate surface area is 70.2 Å². The van der Waals surface area contributed by atoms with E-state index in [1.54, 1.807) is 0 Å². The second-order valence-electron chi connectivity index (χ2n) is 4.00. The van der Waals surface area contributed by atoms with Crippen LogP contribution in [0.1, 0.15) is 34.6 Å². The minimum absolute atomic E-state index is 0.252. The Bertz CT molecular complexity index is 170. The van der Waals surface area contributed by atoms with Gasteiger partial charge in [0.2, 0.25) is 0 Å². The highest BCUT2D eigenvalue weighted by molar-refractivity contribution is 5.08. The molecule has 0 aliphatic carbocycles. The highest BCUT2D eigenvalue weighted by Gasteiger charge is 2.11. The number of rotatable bonds is 2. The van der Waals surface area contributed by atoms with Crippen LogP contribution in [0.25, 0.3) is 0 Å². The van der Waals surface area contributed by atoms with Crippen LogP contribution in [0.15, 0.2) is 24.0 Å². The summed E-state index contributed by atoms with van der Waals surface area (Å²) in [5.74, 6) is 0. The van der Waals surface area contributed by atoms with E-state index >= 15 is 0 Å². The average Bonchev–Trinajstić information content (AvgIpc) is 1.80. The third-order valence-corrected chi connectivity index (χ3v) is 1.72. The van der Waals surface area contributed by atoms with Crippen LogP contribution in [0.4, 0.5) is 0 Å². The normalized spacial score (nSPS) is 13.0. The zero-order valence-electron chi connectivity index (χ0n) is 8.28. The van der Waals surface area contributed by atoms with E-state index in [0.717, 1.165) is 5.70 Å². The summed E-state index contributed by atoms with van der Waals surface area (Å²) in [5, 5.41) is 3.10. The second-order valence-corrected chi connectivity index (χ2v) is 4.00. The summed E-state index contributed by atoms with van der Waals surface area (Å²) in [5.41, 5.74) is 2.57. The van der Waals surface area contributed by atoms with Crippen molar-refractivity contribution in [2.45, 2.75) is 34.6 Å². The fourth-order valence-corrected chi connectivity index (χ4v) is 0.448. The van der Waals surface area contributed by atoms with Crippen LogP contribution in [-0.2, 0) is 0 Å². The van der Waals surface area contributed by atoms with E-state index in [1.165, 1.54) is 5.57 Å². The summed E-state index contributed by atoms with van der Waals surface area (Å²) in [4.78, 5) is 0. The molecule has 0 heterocycles. The van der Waals surface area contributed by atoms with Gasteiger partial charge in [-0.05, 0) is 19.3 Å². The third-order valence-electron chi connectivity index (χ3n) is 1.72. The lowest BCUT2D eigenvalue weighted by Crippen LogP contribution is -2.10. The molecule has 0 aromatic heterocycles. The average molecular weight is 153 g/mol. The van der Waals surface area contributed by atoms with Gasteiger partial charge in [-0.3, -0.25) is 0 Å². The maximum atomic E-state index is 3.75. The summed E-state index contributed by atoms with van der Waals surface area (Å²) in [7, 11) is 0. The van der Waals surface area contributed by atoms with Crippen LogP contribution in [0.2, 0.25) is 0 Å². The van der Waals surface area contributed by atoms with Gasteiger partial charge in [-0.15, -0.1) is 0 Å². The molecule has 0 rings (SSSR count). The van der Waals surface area contributed by atoms with Gasteiger partial charge in [0, 0.05) is 11.9 Å². The van der Waals surface area contributed by atoms with Crippen LogP contribution >= 0.6 is 0 Å². The van der Waals surface area contributed by atoms with E-state index < -0.39 is 0 Å². The molecule has 0 atom stereocenters. The van der Waals surface area contributed by atoms with Gasteiger partial charge in [0.05, 0.1) is 0 Å². The quantitative estimate of drug-likeness (QED) is 0.643. The summed E-state index contributed by atoms with van der Waals surface area (Å²) < 4.78 is 0. The zero-order valence-corrected chi connectivity index (χ0v) is 8.28. The Hall–Kier alpha value is -0.720. The monoisotopic (exact) mass is 153 g/mol. The van der Waals surface area contributed by atoms with Crippen molar-refractivity contribution in [1.29, 1.82) is 0 Å². The number of allylic oxidation sites excluding steroid dienone is 2. The van der Waals surface area contributed by atoms with E-state index in [4.69, 9.17) is 0 Å². The molecule has 0 amide bonds. The van der Waals surface area contributed by atoms with Crippen molar-refractivity contribution in [2.24, 2.45) is 5.41 Å². The van der Waals surface area contributed by atoms with Crippen LogP contribution in [0.5, 0.6) is 0 Å². The van der Waals surface area contributed by atoms with Crippen molar-refractivity contribution < 1.29 is 0 Å². The lowest BCUT2D eigenvalue weighted by atomic mass is 9.88. The molecule has 0 bridgehead atoms. The predicted molar refractivity (Wildman–Crippen MR) is 51.2 cm³/mol. The minimum atomic E-state index is 0.252. The Morgan fingerprint density at radius 3 is 2.00 bits per heavy atom. The van der Waals surface area contributed by atoms with Crippen LogP contribution in [0, 0.1) is 5.41 Å². The molecule has 0 unspecified atom stereocenters. The van der Waals surface area contributed by atoms with E-state index in [-0.39, 0.29) is 5.41 Å². The van der Waals surface area contributed by atoms with Gasteiger partial charge >= 0.3 is 0 Å². The molecule has 0 saturated heterocycles. The van der Waals surface area contributed by atoms with Crippen molar-refractivity contribution in [2.75, 3.05) is 0 Å². The number of hydrogen-bond acceptors (Lipinski definition) is 1. The molecule has 0 aliphatic heterocycles. The molecule has 0 radical (unpaired) electrons. The molecule has 0 fully saturated rings. The van der Waals surface area contributed by atoms with Crippen molar-refractivity contribution in [3.63, 3.8) is 0 Å². The van der Waals surface area contributed by atoms with Crippen LogP contribution in [-0.4, -0.2) is 0 Å². The van der Waals surface area contributed by atoms with Gasteiger partial charge in [0.25, 0.3) is 0 Å². The highest BCUT2D eigenvalue weighted by Crippen LogP contribution is 2.23. The van der Waals surface area contributed by atoms with E-state index in [0.29, 0.717) is 0 Å². The van der Waals surface area contributed by atoms with Gasteiger partial charge in [-0.25, -0.2) is 0 Å². The van der Waals surface area contributed by atoms with Crippen molar-refractivity contribution in [3.8, 4) is 0 Å². The maximum Gasteiger partial charge on any atom is 0.00420 e. The SMILES string of the molecule is C=C(C)N/C=C(\C)C(C)(C)C.